The lowest BCUT2D eigenvalue weighted by Gasteiger charge is -2.20. The van der Waals surface area contributed by atoms with Gasteiger partial charge in [-0.15, -0.1) is 0 Å². The van der Waals surface area contributed by atoms with Crippen molar-refractivity contribution in [3.05, 3.63) is 82.3 Å². The van der Waals surface area contributed by atoms with Gasteiger partial charge < -0.3 is 4.42 Å². The molecular formula is C23H21N3O4S. The molecular weight excluding hydrogens is 414 g/mol. The fraction of sp³-hybridized carbons (Fsp3) is 0.217. The van der Waals surface area contributed by atoms with E-state index in [-0.39, 0.29) is 4.90 Å². The first kappa shape index (κ1) is 19.7. The lowest BCUT2D eigenvalue weighted by Crippen LogP contribution is -2.33. The van der Waals surface area contributed by atoms with E-state index in [2.05, 4.69) is 0 Å². The Hall–Kier alpha value is -3.23. The summed E-state index contributed by atoms with van der Waals surface area (Å²) in [5.74, 6) is 0. The molecule has 0 unspecified atom stereocenters. The van der Waals surface area contributed by atoms with E-state index in [1.54, 1.807) is 12.1 Å². The smallest absolute Gasteiger partial charge is 0.336 e. The second-order valence-corrected chi connectivity index (χ2v) is 9.56. The van der Waals surface area contributed by atoms with E-state index in [0.29, 0.717) is 36.9 Å². The van der Waals surface area contributed by atoms with Crippen molar-refractivity contribution in [2.24, 2.45) is 7.05 Å². The molecule has 2 aromatic carbocycles. The Kier molecular flexibility index (Phi) is 4.75. The lowest BCUT2D eigenvalue weighted by atomic mass is 10.0. The molecule has 1 aliphatic rings. The quantitative estimate of drug-likeness (QED) is 0.462. The SMILES string of the molecule is Cn1nc(-c2ccccc2)c2c1CCN(S(=O)(=O)c1ccc3oc(=O)ccc3c1)CC2. The van der Waals surface area contributed by atoms with Gasteiger partial charge in [-0.1, -0.05) is 30.3 Å². The minimum absolute atomic E-state index is 0.196. The molecule has 158 valence electrons. The third-order valence-corrected chi connectivity index (χ3v) is 7.65. The maximum atomic E-state index is 13.4. The van der Waals surface area contributed by atoms with Crippen LogP contribution in [-0.4, -0.2) is 35.6 Å². The molecule has 0 saturated carbocycles. The highest BCUT2D eigenvalue weighted by Gasteiger charge is 2.29. The Balaban J connectivity index is 1.47. The lowest BCUT2D eigenvalue weighted by molar-refractivity contribution is 0.424. The molecule has 31 heavy (non-hydrogen) atoms. The maximum Gasteiger partial charge on any atom is 0.336 e. The molecule has 8 heteroatoms. The Labute approximate surface area is 179 Å². The summed E-state index contributed by atoms with van der Waals surface area (Å²) in [5.41, 5.74) is 4.03. The molecule has 0 amide bonds. The van der Waals surface area contributed by atoms with E-state index in [0.717, 1.165) is 22.5 Å². The van der Waals surface area contributed by atoms with Gasteiger partial charge in [-0.3, -0.25) is 4.68 Å². The van der Waals surface area contributed by atoms with Crippen molar-refractivity contribution in [1.82, 2.24) is 14.1 Å². The van der Waals surface area contributed by atoms with Crippen LogP contribution in [0.5, 0.6) is 0 Å². The van der Waals surface area contributed by atoms with E-state index in [1.165, 1.54) is 22.5 Å². The zero-order chi connectivity index (χ0) is 21.6. The predicted molar refractivity (Wildman–Crippen MR) is 117 cm³/mol. The zero-order valence-electron chi connectivity index (χ0n) is 17.0. The summed E-state index contributed by atoms with van der Waals surface area (Å²) < 4.78 is 35.3. The maximum absolute atomic E-state index is 13.4. The third-order valence-electron chi connectivity index (χ3n) is 5.76. The summed E-state index contributed by atoms with van der Waals surface area (Å²) in [5, 5.41) is 5.28. The molecule has 3 heterocycles. The number of aryl methyl sites for hydroxylation is 1. The zero-order valence-corrected chi connectivity index (χ0v) is 17.8. The minimum atomic E-state index is -3.69. The number of aromatic nitrogens is 2. The number of fused-ring (bicyclic) bond motifs is 2. The highest BCUT2D eigenvalue weighted by Crippen LogP contribution is 2.30. The van der Waals surface area contributed by atoms with Crippen molar-refractivity contribution in [3.63, 3.8) is 0 Å². The summed E-state index contributed by atoms with van der Waals surface area (Å²) in [4.78, 5) is 11.6. The molecule has 1 aliphatic heterocycles. The van der Waals surface area contributed by atoms with Gasteiger partial charge in [0.05, 0.1) is 10.6 Å². The fourth-order valence-corrected chi connectivity index (χ4v) is 5.66. The molecule has 0 aliphatic carbocycles. The largest absolute Gasteiger partial charge is 0.423 e. The van der Waals surface area contributed by atoms with Crippen LogP contribution in [0.25, 0.3) is 22.2 Å². The Morgan fingerprint density at radius 1 is 0.968 bits per heavy atom. The second-order valence-electron chi connectivity index (χ2n) is 7.62. The minimum Gasteiger partial charge on any atom is -0.423 e. The van der Waals surface area contributed by atoms with Crippen LogP contribution in [0.1, 0.15) is 11.3 Å². The number of hydrogen-bond acceptors (Lipinski definition) is 5. The van der Waals surface area contributed by atoms with Crippen LogP contribution >= 0.6 is 0 Å². The summed E-state index contributed by atoms with van der Waals surface area (Å²) in [7, 11) is -1.78. The van der Waals surface area contributed by atoms with Crippen LogP contribution in [0.15, 0.2) is 74.8 Å². The second kappa shape index (κ2) is 7.47. The summed E-state index contributed by atoms with van der Waals surface area (Å²) in [6.45, 7) is 0.758. The van der Waals surface area contributed by atoms with Crippen LogP contribution in [-0.2, 0) is 29.9 Å². The van der Waals surface area contributed by atoms with Crippen LogP contribution < -0.4 is 5.63 Å². The van der Waals surface area contributed by atoms with E-state index in [4.69, 9.17) is 9.52 Å². The van der Waals surface area contributed by atoms with Crippen molar-refractivity contribution in [3.8, 4) is 11.3 Å². The number of hydrogen-bond donors (Lipinski definition) is 0. The number of benzene rings is 2. The fourth-order valence-electron chi connectivity index (χ4n) is 4.18. The number of nitrogens with zero attached hydrogens (tertiary/aromatic N) is 3. The number of sulfonamides is 1. The van der Waals surface area contributed by atoms with Gasteiger partial charge in [0.1, 0.15) is 5.58 Å². The topological polar surface area (TPSA) is 85.4 Å². The predicted octanol–water partition coefficient (Wildman–Crippen LogP) is 2.98. The average molecular weight is 436 g/mol. The van der Waals surface area contributed by atoms with E-state index >= 15 is 0 Å². The van der Waals surface area contributed by atoms with E-state index < -0.39 is 15.6 Å². The summed E-state index contributed by atoms with van der Waals surface area (Å²) in [6.07, 6.45) is 1.18. The van der Waals surface area contributed by atoms with Gasteiger partial charge in [0.2, 0.25) is 10.0 Å². The first-order valence-electron chi connectivity index (χ1n) is 10.1. The van der Waals surface area contributed by atoms with Crippen LogP contribution in [0.3, 0.4) is 0 Å². The van der Waals surface area contributed by atoms with Crippen molar-refractivity contribution in [2.45, 2.75) is 17.7 Å². The van der Waals surface area contributed by atoms with Gasteiger partial charge in [-0.05, 0) is 30.7 Å². The molecule has 4 aromatic rings. The van der Waals surface area contributed by atoms with Gasteiger partial charge in [0.15, 0.2) is 0 Å². The van der Waals surface area contributed by atoms with Crippen LogP contribution in [0.2, 0.25) is 0 Å². The molecule has 0 fully saturated rings. The standard InChI is InChI=1S/C23H21N3O4S/c1-25-20-12-14-26(13-11-19(20)23(24-25)16-5-3-2-4-6-16)31(28,29)18-8-9-21-17(15-18)7-10-22(27)30-21/h2-10,15H,11-14H2,1H3. The van der Waals surface area contributed by atoms with Gasteiger partial charge in [0.25, 0.3) is 0 Å². The van der Waals surface area contributed by atoms with E-state index in [1.807, 2.05) is 42.1 Å². The Morgan fingerprint density at radius 2 is 1.74 bits per heavy atom. The molecule has 0 radical (unpaired) electrons. The average Bonchev–Trinajstić information content (AvgIpc) is 2.94. The molecule has 0 spiro atoms. The van der Waals surface area contributed by atoms with Gasteiger partial charge >= 0.3 is 5.63 Å². The van der Waals surface area contributed by atoms with Crippen molar-refractivity contribution >= 4 is 21.0 Å². The summed E-state index contributed by atoms with van der Waals surface area (Å²) >= 11 is 0. The monoisotopic (exact) mass is 435 g/mol. The Morgan fingerprint density at radius 3 is 2.55 bits per heavy atom. The highest BCUT2D eigenvalue weighted by molar-refractivity contribution is 7.89. The molecule has 5 rings (SSSR count). The summed E-state index contributed by atoms with van der Waals surface area (Å²) in [6, 6.07) is 17.4. The van der Waals surface area contributed by atoms with Crippen LogP contribution in [0.4, 0.5) is 0 Å². The van der Waals surface area contributed by atoms with E-state index in [9.17, 15) is 13.2 Å². The number of rotatable bonds is 3. The molecule has 0 bridgehead atoms. The van der Waals surface area contributed by atoms with Gasteiger partial charge in [0, 0.05) is 54.8 Å². The van der Waals surface area contributed by atoms with Crippen LogP contribution in [0, 0.1) is 0 Å². The molecule has 0 atom stereocenters. The first-order valence-corrected chi connectivity index (χ1v) is 11.5. The van der Waals surface area contributed by atoms with Crippen molar-refractivity contribution in [2.75, 3.05) is 13.1 Å². The molecule has 7 nitrogen and oxygen atoms in total. The third kappa shape index (κ3) is 3.47. The van der Waals surface area contributed by atoms with Crippen molar-refractivity contribution < 1.29 is 12.8 Å². The van der Waals surface area contributed by atoms with Crippen molar-refractivity contribution in [1.29, 1.82) is 0 Å². The normalized spacial score (nSPS) is 15.0. The molecule has 0 N–H and O–H groups in total. The highest BCUT2D eigenvalue weighted by atomic mass is 32.2. The molecule has 2 aromatic heterocycles. The Bertz CT molecular complexity index is 1440. The first-order chi connectivity index (χ1) is 14.9. The van der Waals surface area contributed by atoms with Gasteiger partial charge in [-0.2, -0.15) is 9.40 Å². The van der Waals surface area contributed by atoms with Gasteiger partial charge in [-0.25, -0.2) is 13.2 Å². The molecule has 0 saturated heterocycles.